The van der Waals surface area contributed by atoms with Gasteiger partial charge < -0.3 is 10.5 Å². The molecule has 0 bridgehead atoms. The van der Waals surface area contributed by atoms with Gasteiger partial charge in [0.1, 0.15) is 0 Å². The summed E-state index contributed by atoms with van der Waals surface area (Å²) in [5.41, 5.74) is 7.44. The van der Waals surface area contributed by atoms with Gasteiger partial charge >= 0.3 is 0 Å². The van der Waals surface area contributed by atoms with Crippen LogP contribution in [-0.4, -0.2) is 12.6 Å². The second kappa shape index (κ2) is 7.28. The SMILES string of the molecule is CCC(N)C(OCCC(C)(C)C)c1ccccc1Cl. The molecule has 0 amide bonds. The third-order valence-corrected chi connectivity index (χ3v) is 3.57. The fourth-order valence-corrected chi connectivity index (χ4v) is 2.10. The number of benzene rings is 1. The molecule has 0 aliphatic carbocycles. The lowest BCUT2D eigenvalue weighted by molar-refractivity contribution is 0.0200. The molecule has 0 aliphatic heterocycles. The van der Waals surface area contributed by atoms with Crippen molar-refractivity contribution in [2.45, 2.75) is 52.7 Å². The fraction of sp³-hybridized carbons (Fsp3) is 0.625. The van der Waals surface area contributed by atoms with E-state index in [1.807, 2.05) is 24.3 Å². The Bertz CT molecular complexity index is 387. The number of halogens is 1. The van der Waals surface area contributed by atoms with E-state index in [1.165, 1.54) is 0 Å². The minimum atomic E-state index is -0.124. The molecule has 2 unspecified atom stereocenters. The highest BCUT2D eigenvalue weighted by Crippen LogP contribution is 2.29. The normalized spacial score (nSPS) is 15.3. The Morgan fingerprint density at radius 3 is 2.42 bits per heavy atom. The number of hydrogen-bond donors (Lipinski definition) is 1. The summed E-state index contributed by atoms with van der Waals surface area (Å²) in [5, 5.41) is 0.729. The summed E-state index contributed by atoms with van der Waals surface area (Å²) in [4.78, 5) is 0. The molecule has 0 saturated heterocycles. The van der Waals surface area contributed by atoms with Crippen molar-refractivity contribution in [3.8, 4) is 0 Å². The Morgan fingerprint density at radius 2 is 1.89 bits per heavy atom. The van der Waals surface area contributed by atoms with Gasteiger partial charge in [-0.2, -0.15) is 0 Å². The van der Waals surface area contributed by atoms with Gasteiger partial charge in [0.25, 0.3) is 0 Å². The molecule has 19 heavy (non-hydrogen) atoms. The molecule has 0 aliphatic rings. The van der Waals surface area contributed by atoms with Gasteiger partial charge in [-0.25, -0.2) is 0 Å². The average Bonchev–Trinajstić information content (AvgIpc) is 2.34. The van der Waals surface area contributed by atoms with Crippen molar-refractivity contribution in [3.63, 3.8) is 0 Å². The lowest BCUT2D eigenvalue weighted by atomic mass is 9.93. The highest BCUT2D eigenvalue weighted by Gasteiger charge is 2.22. The Labute approximate surface area is 122 Å². The maximum atomic E-state index is 6.25. The van der Waals surface area contributed by atoms with E-state index < -0.39 is 0 Å². The van der Waals surface area contributed by atoms with Crippen molar-refractivity contribution >= 4 is 11.6 Å². The van der Waals surface area contributed by atoms with Crippen LogP contribution < -0.4 is 5.73 Å². The largest absolute Gasteiger partial charge is 0.372 e. The number of hydrogen-bond acceptors (Lipinski definition) is 2. The molecule has 1 aromatic carbocycles. The van der Waals surface area contributed by atoms with E-state index >= 15 is 0 Å². The zero-order valence-electron chi connectivity index (χ0n) is 12.4. The third-order valence-electron chi connectivity index (χ3n) is 3.22. The molecule has 2 atom stereocenters. The quantitative estimate of drug-likeness (QED) is 0.830. The molecule has 1 aromatic rings. The molecule has 108 valence electrons. The summed E-state index contributed by atoms with van der Waals surface area (Å²) in [6.45, 7) is 9.40. The van der Waals surface area contributed by atoms with E-state index in [1.54, 1.807) is 0 Å². The molecule has 0 heterocycles. The van der Waals surface area contributed by atoms with Crippen molar-refractivity contribution in [1.29, 1.82) is 0 Å². The number of ether oxygens (including phenoxy) is 1. The van der Waals surface area contributed by atoms with E-state index in [-0.39, 0.29) is 17.6 Å². The summed E-state index contributed by atoms with van der Waals surface area (Å²) in [6.07, 6.45) is 1.75. The standard InChI is InChI=1S/C16H26ClNO/c1-5-14(18)15(19-11-10-16(2,3)4)12-8-6-7-9-13(12)17/h6-9,14-15H,5,10-11,18H2,1-4H3. The summed E-state index contributed by atoms with van der Waals surface area (Å²) in [6, 6.07) is 7.76. The minimum Gasteiger partial charge on any atom is -0.372 e. The van der Waals surface area contributed by atoms with Crippen LogP contribution in [0.25, 0.3) is 0 Å². The summed E-state index contributed by atoms with van der Waals surface area (Å²) >= 11 is 6.25. The predicted molar refractivity (Wildman–Crippen MR) is 82.5 cm³/mol. The molecule has 0 radical (unpaired) electrons. The lowest BCUT2D eigenvalue weighted by Crippen LogP contribution is -2.30. The summed E-state index contributed by atoms with van der Waals surface area (Å²) < 4.78 is 6.03. The van der Waals surface area contributed by atoms with Crippen LogP contribution in [0.1, 0.15) is 52.2 Å². The molecule has 1 rings (SSSR count). The van der Waals surface area contributed by atoms with Crippen LogP contribution in [0.2, 0.25) is 5.02 Å². The first-order valence-corrected chi connectivity index (χ1v) is 7.34. The Morgan fingerprint density at radius 1 is 1.26 bits per heavy atom. The van der Waals surface area contributed by atoms with Crippen LogP contribution >= 0.6 is 11.6 Å². The molecular weight excluding hydrogens is 258 g/mol. The van der Waals surface area contributed by atoms with Gasteiger partial charge in [0.15, 0.2) is 0 Å². The molecule has 0 fully saturated rings. The molecule has 0 spiro atoms. The first kappa shape index (κ1) is 16.5. The van der Waals surface area contributed by atoms with Gasteiger partial charge in [0.2, 0.25) is 0 Å². The molecule has 3 heteroatoms. The van der Waals surface area contributed by atoms with Crippen LogP contribution in [-0.2, 0) is 4.74 Å². The van der Waals surface area contributed by atoms with Crippen LogP contribution in [0.4, 0.5) is 0 Å². The number of nitrogens with two attached hydrogens (primary N) is 1. The van der Waals surface area contributed by atoms with E-state index in [0.717, 1.165) is 23.4 Å². The van der Waals surface area contributed by atoms with E-state index in [0.29, 0.717) is 6.61 Å². The predicted octanol–water partition coefficient (Wildman–Crippen LogP) is 4.57. The average molecular weight is 284 g/mol. The van der Waals surface area contributed by atoms with Crippen LogP contribution in [0.15, 0.2) is 24.3 Å². The topological polar surface area (TPSA) is 35.2 Å². The maximum Gasteiger partial charge on any atom is 0.0989 e. The van der Waals surface area contributed by atoms with Crippen molar-refractivity contribution in [2.75, 3.05) is 6.61 Å². The highest BCUT2D eigenvalue weighted by molar-refractivity contribution is 6.31. The third kappa shape index (κ3) is 5.52. The van der Waals surface area contributed by atoms with Crippen molar-refractivity contribution in [1.82, 2.24) is 0 Å². The monoisotopic (exact) mass is 283 g/mol. The molecule has 2 nitrogen and oxygen atoms in total. The summed E-state index contributed by atoms with van der Waals surface area (Å²) in [7, 11) is 0. The van der Waals surface area contributed by atoms with Crippen LogP contribution in [0, 0.1) is 5.41 Å². The minimum absolute atomic E-state index is 0.0279. The van der Waals surface area contributed by atoms with Crippen molar-refractivity contribution in [2.24, 2.45) is 11.1 Å². The molecule has 0 aromatic heterocycles. The van der Waals surface area contributed by atoms with Gasteiger partial charge in [-0.3, -0.25) is 0 Å². The van der Waals surface area contributed by atoms with E-state index in [9.17, 15) is 0 Å². The second-order valence-electron chi connectivity index (χ2n) is 6.20. The molecule has 2 N–H and O–H groups in total. The zero-order valence-corrected chi connectivity index (χ0v) is 13.2. The van der Waals surface area contributed by atoms with Gasteiger partial charge in [0.05, 0.1) is 6.10 Å². The maximum absolute atomic E-state index is 6.25. The highest BCUT2D eigenvalue weighted by atomic mass is 35.5. The molecule has 0 saturated carbocycles. The summed E-state index contributed by atoms with van der Waals surface area (Å²) in [5.74, 6) is 0. The van der Waals surface area contributed by atoms with Gasteiger partial charge in [-0.15, -0.1) is 0 Å². The van der Waals surface area contributed by atoms with Crippen LogP contribution in [0.3, 0.4) is 0 Å². The lowest BCUT2D eigenvalue weighted by Gasteiger charge is -2.26. The van der Waals surface area contributed by atoms with Gasteiger partial charge in [-0.1, -0.05) is 57.5 Å². The zero-order chi connectivity index (χ0) is 14.5. The Balaban J connectivity index is 2.76. The Kier molecular flexibility index (Phi) is 6.31. The Hall–Kier alpha value is -0.570. The molecular formula is C16H26ClNO. The second-order valence-corrected chi connectivity index (χ2v) is 6.60. The van der Waals surface area contributed by atoms with E-state index in [2.05, 4.69) is 27.7 Å². The van der Waals surface area contributed by atoms with Gasteiger partial charge in [0, 0.05) is 23.2 Å². The van der Waals surface area contributed by atoms with Gasteiger partial charge in [-0.05, 0) is 24.3 Å². The first-order valence-electron chi connectivity index (χ1n) is 6.96. The van der Waals surface area contributed by atoms with Crippen molar-refractivity contribution < 1.29 is 4.74 Å². The van der Waals surface area contributed by atoms with Crippen LogP contribution in [0.5, 0.6) is 0 Å². The first-order chi connectivity index (χ1) is 8.85. The number of rotatable bonds is 6. The smallest absolute Gasteiger partial charge is 0.0989 e. The van der Waals surface area contributed by atoms with E-state index in [4.69, 9.17) is 22.1 Å². The van der Waals surface area contributed by atoms with Crippen molar-refractivity contribution in [3.05, 3.63) is 34.9 Å². The fourth-order valence-electron chi connectivity index (χ4n) is 1.86.